The fourth-order valence-electron chi connectivity index (χ4n) is 3.43. The second kappa shape index (κ2) is 12.6. The third kappa shape index (κ3) is 7.63. The normalized spacial score (nSPS) is 12.0. The molecule has 0 radical (unpaired) electrons. The second-order valence-electron chi connectivity index (χ2n) is 7.83. The van der Waals surface area contributed by atoms with Gasteiger partial charge in [0.25, 0.3) is 0 Å². The number of carbonyl (C=O) groups excluding carboxylic acids is 2. The molecule has 8 nitrogen and oxygen atoms in total. The Morgan fingerprint density at radius 3 is 2.18 bits per heavy atom. The molecule has 0 fully saturated rings. The average molecular weight is 510 g/mol. The van der Waals surface area contributed by atoms with E-state index >= 15 is 0 Å². The molecule has 0 heterocycles. The molecule has 2 amide bonds. The smallest absolute Gasteiger partial charge is 0.244 e. The van der Waals surface area contributed by atoms with Gasteiger partial charge in [-0.25, -0.2) is 8.42 Å². The average Bonchev–Trinajstić information content (AvgIpc) is 2.81. The molecule has 0 aliphatic carbocycles. The Bertz CT molecular complexity index is 1060. The quantitative estimate of drug-likeness (QED) is 0.472. The molecule has 34 heavy (non-hydrogen) atoms. The number of methoxy groups -OCH3 is 1. The van der Waals surface area contributed by atoms with E-state index in [2.05, 4.69) is 5.32 Å². The predicted molar refractivity (Wildman–Crippen MR) is 135 cm³/mol. The van der Waals surface area contributed by atoms with Gasteiger partial charge in [0.1, 0.15) is 18.3 Å². The van der Waals surface area contributed by atoms with Crippen LogP contribution in [0.15, 0.2) is 48.5 Å². The molecule has 10 heteroatoms. The Morgan fingerprint density at radius 2 is 1.68 bits per heavy atom. The Hall–Kier alpha value is -2.78. The second-order valence-corrected chi connectivity index (χ2v) is 10.2. The van der Waals surface area contributed by atoms with Crippen molar-refractivity contribution < 1.29 is 22.7 Å². The van der Waals surface area contributed by atoms with E-state index in [1.165, 1.54) is 17.0 Å². The molecular formula is C24H32ClN3O5S. The number of amides is 2. The molecule has 0 spiro atoms. The molecule has 186 valence electrons. The maximum absolute atomic E-state index is 13.5. The molecule has 0 aliphatic heterocycles. The number of benzene rings is 2. The zero-order valence-electron chi connectivity index (χ0n) is 20.0. The third-order valence-corrected chi connectivity index (χ3v) is 6.63. The van der Waals surface area contributed by atoms with Crippen LogP contribution in [0.5, 0.6) is 5.75 Å². The van der Waals surface area contributed by atoms with Gasteiger partial charge in [0.15, 0.2) is 0 Å². The van der Waals surface area contributed by atoms with Gasteiger partial charge in [-0.1, -0.05) is 37.6 Å². The lowest BCUT2D eigenvalue weighted by Gasteiger charge is -2.33. The zero-order chi connectivity index (χ0) is 25.3. The fourth-order valence-corrected chi connectivity index (χ4v) is 4.41. The van der Waals surface area contributed by atoms with Crippen molar-refractivity contribution in [3.05, 3.63) is 59.1 Å². The highest BCUT2D eigenvalue weighted by Gasteiger charge is 2.31. The van der Waals surface area contributed by atoms with Crippen molar-refractivity contribution in [1.29, 1.82) is 0 Å². The molecule has 2 aromatic carbocycles. The lowest BCUT2D eigenvalue weighted by Crippen LogP contribution is -2.52. The number of rotatable bonds is 12. The van der Waals surface area contributed by atoms with E-state index < -0.39 is 28.5 Å². The van der Waals surface area contributed by atoms with Crippen molar-refractivity contribution in [3.8, 4) is 5.75 Å². The molecule has 0 saturated heterocycles. The summed E-state index contributed by atoms with van der Waals surface area (Å²) in [6.45, 7) is 3.93. The standard InChI is InChI=1S/C24H32ClN3O5S/c1-5-15-26-24(30)22(6-2)27(16-18-7-13-21(33-3)14-8-18)23(29)17-28(34(4,31)32)20-11-9-19(25)10-12-20/h7-14,22H,5-6,15-17H2,1-4H3,(H,26,30)/t22-/m0/s1. The summed E-state index contributed by atoms with van der Waals surface area (Å²) in [7, 11) is -2.22. The summed E-state index contributed by atoms with van der Waals surface area (Å²) in [4.78, 5) is 27.9. The minimum atomic E-state index is -3.78. The monoisotopic (exact) mass is 509 g/mol. The molecule has 0 aliphatic rings. The number of halogens is 1. The molecule has 1 N–H and O–H groups in total. The molecule has 0 unspecified atom stereocenters. The first-order valence-corrected chi connectivity index (χ1v) is 13.3. The van der Waals surface area contributed by atoms with Crippen LogP contribution < -0.4 is 14.4 Å². The van der Waals surface area contributed by atoms with Crippen LogP contribution in [0.4, 0.5) is 5.69 Å². The predicted octanol–water partition coefficient (Wildman–Crippen LogP) is 3.45. The summed E-state index contributed by atoms with van der Waals surface area (Å²) in [5.41, 5.74) is 1.10. The summed E-state index contributed by atoms with van der Waals surface area (Å²) < 4.78 is 31.3. The zero-order valence-corrected chi connectivity index (χ0v) is 21.5. The van der Waals surface area contributed by atoms with E-state index in [0.717, 1.165) is 22.5 Å². The number of hydrogen-bond acceptors (Lipinski definition) is 5. The van der Waals surface area contributed by atoms with Crippen molar-refractivity contribution in [2.75, 3.05) is 30.8 Å². The number of sulfonamides is 1. The first kappa shape index (κ1) is 27.5. The maximum atomic E-state index is 13.5. The van der Waals surface area contributed by atoms with E-state index in [1.54, 1.807) is 31.4 Å². The van der Waals surface area contributed by atoms with Gasteiger partial charge in [-0.2, -0.15) is 0 Å². The van der Waals surface area contributed by atoms with Crippen LogP contribution in [-0.4, -0.2) is 57.6 Å². The Balaban J connectivity index is 2.40. The van der Waals surface area contributed by atoms with E-state index in [1.807, 2.05) is 26.0 Å². The van der Waals surface area contributed by atoms with Gasteiger partial charge in [0.2, 0.25) is 21.8 Å². The lowest BCUT2D eigenvalue weighted by atomic mass is 10.1. The number of anilines is 1. The Labute approximate surface area is 206 Å². The molecule has 0 saturated carbocycles. The van der Waals surface area contributed by atoms with Gasteiger partial charge in [-0.05, 0) is 54.8 Å². The number of nitrogens with zero attached hydrogens (tertiary/aromatic N) is 2. The van der Waals surface area contributed by atoms with Crippen molar-refractivity contribution >= 4 is 39.1 Å². The lowest BCUT2D eigenvalue weighted by molar-refractivity contribution is -0.140. The van der Waals surface area contributed by atoms with Gasteiger partial charge in [0.05, 0.1) is 19.1 Å². The van der Waals surface area contributed by atoms with Crippen molar-refractivity contribution in [3.63, 3.8) is 0 Å². The van der Waals surface area contributed by atoms with E-state index in [4.69, 9.17) is 16.3 Å². The van der Waals surface area contributed by atoms with Gasteiger partial charge in [0, 0.05) is 18.1 Å². The summed E-state index contributed by atoms with van der Waals surface area (Å²) >= 11 is 5.94. The van der Waals surface area contributed by atoms with Gasteiger partial charge in [-0.15, -0.1) is 0 Å². The first-order valence-electron chi connectivity index (χ1n) is 11.0. The molecule has 0 bridgehead atoms. The largest absolute Gasteiger partial charge is 0.497 e. The van der Waals surface area contributed by atoms with Crippen LogP contribution in [0.3, 0.4) is 0 Å². The van der Waals surface area contributed by atoms with Crippen LogP contribution in [0, 0.1) is 0 Å². The number of ether oxygens (including phenoxy) is 1. The van der Waals surface area contributed by atoms with Gasteiger partial charge in [-0.3, -0.25) is 13.9 Å². The van der Waals surface area contributed by atoms with Crippen molar-refractivity contribution in [2.24, 2.45) is 0 Å². The maximum Gasteiger partial charge on any atom is 0.244 e. The number of nitrogens with one attached hydrogen (secondary N) is 1. The van der Waals surface area contributed by atoms with Crippen molar-refractivity contribution in [1.82, 2.24) is 10.2 Å². The minimum absolute atomic E-state index is 0.138. The highest BCUT2D eigenvalue weighted by molar-refractivity contribution is 7.92. The van der Waals surface area contributed by atoms with Crippen LogP contribution >= 0.6 is 11.6 Å². The number of carbonyl (C=O) groups is 2. The number of hydrogen-bond donors (Lipinski definition) is 1. The summed E-state index contributed by atoms with van der Waals surface area (Å²) in [5, 5.41) is 3.29. The van der Waals surface area contributed by atoms with Gasteiger partial charge < -0.3 is 15.0 Å². The van der Waals surface area contributed by atoms with Crippen molar-refractivity contribution in [2.45, 2.75) is 39.3 Å². The molecule has 0 aromatic heterocycles. The topological polar surface area (TPSA) is 96.0 Å². The van der Waals surface area contributed by atoms with Crippen LogP contribution in [-0.2, 0) is 26.2 Å². The van der Waals surface area contributed by atoms with E-state index in [0.29, 0.717) is 29.4 Å². The van der Waals surface area contributed by atoms with Crippen LogP contribution in [0.25, 0.3) is 0 Å². The summed E-state index contributed by atoms with van der Waals surface area (Å²) in [5.74, 6) is -0.0985. The summed E-state index contributed by atoms with van der Waals surface area (Å²) in [6.07, 6.45) is 2.16. The highest BCUT2D eigenvalue weighted by atomic mass is 35.5. The molecule has 2 aromatic rings. The van der Waals surface area contributed by atoms with Gasteiger partial charge >= 0.3 is 0 Å². The molecular weight excluding hydrogens is 478 g/mol. The minimum Gasteiger partial charge on any atom is -0.497 e. The Kier molecular flexibility index (Phi) is 10.2. The highest BCUT2D eigenvalue weighted by Crippen LogP contribution is 2.22. The third-order valence-electron chi connectivity index (χ3n) is 5.24. The fraction of sp³-hybridized carbons (Fsp3) is 0.417. The SMILES string of the molecule is CCCNC(=O)[C@H](CC)N(Cc1ccc(OC)cc1)C(=O)CN(c1ccc(Cl)cc1)S(C)(=O)=O. The molecule has 1 atom stereocenters. The molecule has 2 rings (SSSR count). The first-order chi connectivity index (χ1) is 16.1. The van der Waals surface area contributed by atoms with E-state index in [9.17, 15) is 18.0 Å². The van der Waals surface area contributed by atoms with Crippen LogP contribution in [0.2, 0.25) is 5.02 Å². The summed E-state index contributed by atoms with van der Waals surface area (Å²) in [6, 6.07) is 12.6. The van der Waals surface area contributed by atoms with E-state index in [-0.39, 0.29) is 12.5 Å². The Morgan fingerprint density at radius 1 is 1.06 bits per heavy atom. The van der Waals surface area contributed by atoms with Crippen LogP contribution in [0.1, 0.15) is 32.3 Å².